The maximum Gasteiger partial charge on any atom is 0.414 e. The van der Waals surface area contributed by atoms with Gasteiger partial charge in [0.25, 0.3) is 0 Å². The molecule has 5 nitrogen and oxygen atoms in total. The molecule has 0 saturated carbocycles. The summed E-state index contributed by atoms with van der Waals surface area (Å²) < 4.78 is 24.4. The third-order valence-electron chi connectivity index (χ3n) is 3.47. The smallest absolute Gasteiger partial charge is 0.414 e. The van der Waals surface area contributed by atoms with Crippen molar-refractivity contribution < 1.29 is 18.7 Å². The molecule has 20 heavy (non-hydrogen) atoms. The number of carbonyl (C=O) groups excluding carboxylic acids is 1. The predicted molar refractivity (Wildman–Crippen MR) is 72.4 cm³/mol. The molecule has 0 bridgehead atoms. The van der Waals surface area contributed by atoms with Gasteiger partial charge in [0.15, 0.2) is 0 Å². The second-order valence-corrected chi connectivity index (χ2v) is 4.85. The van der Waals surface area contributed by atoms with Gasteiger partial charge in [0.05, 0.1) is 31.1 Å². The molecule has 1 radical (unpaired) electrons. The van der Waals surface area contributed by atoms with Crippen molar-refractivity contribution in [2.45, 2.75) is 6.10 Å². The molecule has 2 aliphatic rings. The summed E-state index contributed by atoms with van der Waals surface area (Å²) >= 11 is 0. The zero-order valence-electron chi connectivity index (χ0n) is 11.0. The van der Waals surface area contributed by atoms with E-state index in [9.17, 15) is 9.18 Å². The van der Waals surface area contributed by atoms with Gasteiger partial charge in [-0.3, -0.25) is 4.90 Å². The Labute approximate surface area is 116 Å². The number of hydrogen-bond acceptors (Lipinski definition) is 4. The van der Waals surface area contributed by atoms with Gasteiger partial charge >= 0.3 is 6.09 Å². The third kappa shape index (κ3) is 2.43. The predicted octanol–water partition coefficient (Wildman–Crippen LogP) is 1.82. The van der Waals surface area contributed by atoms with Gasteiger partial charge in [-0.25, -0.2) is 9.18 Å². The first-order chi connectivity index (χ1) is 9.65. The maximum atomic E-state index is 14.2. The number of morpholine rings is 1. The van der Waals surface area contributed by atoms with Crippen molar-refractivity contribution in [3.05, 3.63) is 30.9 Å². The second kappa shape index (κ2) is 5.28. The molecule has 0 N–H and O–H groups in total. The quantitative estimate of drug-likeness (QED) is 0.828. The number of amides is 1. The highest BCUT2D eigenvalue weighted by molar-refractivity contribution is 5.90. The Kier molecular flexibility index (Phi) is 3.48. The van der Waals surface area contributed by atoms with Crippen LogP contribution in [-0.2, 0) is 9.47 Å². The van der Waals surface area contributed by atoms with E-state index in [1.165, 1.54) is 11.0 Å². The van der Waals surface area contributed by atoms with Crippen LogP contribution in [0.15, 0.2) is 18.2 Å². The first kappa shape index (κ1) is 13.2. The maximum absolute atomic E-state index is 14.2. The minimum absolute atomic E-state index is 0.342. The van der Waals surface area contributed by atoms with E-state index in [2.05, 4.69) is 6.92 Å². The number of cyclic esters (lactones) is 1. The molecule has 1 aromatic rings. The largest absolute Gasteiger partial charge is 0.444 e. The molecule has 0 aromatic heterocycles. The molecule has 2 saturated heterocycles. The summed E-state index contributed by atoms with van der Waals surface area (Å²) in [7, 11) is 0. The lowest BCUT2D eigenvalue weighted by Gasteiger charge is -2.29. The van der Waals surface area contributed by atoms with E-state index in [-0.39, 0.29) is 5.82 Å². The van der Waals surface area contributed by atoms with Crippen LogP contribution in [0.3, 0.4) is 0 Å². The number of rotatable bonds is 2. The number of ether oxygens (including phenoxy) is 2. The molecule has 2 aliphatic heterocycles. The van der Waals surface area contributed by atoms with Gasteiger partial charge in [0.2, 0.25) is 0 Å². The highest BCUT2D eigenvalue weighted by Gasteiger charge is 2.30. The van der Waals surface area contributed by atoms with Crippen LogP contribution in [0.25, 0.3) is 0 Å². The van der Waals surface area contributed by atoms with Crippen molar-refractivity contribution in [3.63, 3.8) is 0 Å². The highest BCUT2D eigenvalue weighted by atomic mass is 19.1. The summed E-state index contributed by atoms with van der Waals surface area (Å²) in [5.41, 5.74) is 1.03. The molecule has 3 rings (SSSR count). The topological polar surface area (TPSA) is 42.0 Å². The molecular weight excluding hydrogens is 263 g/mol. The Hall–Kier alpha value is -1.82. The number of benzene rings is 1. The molecule has 1 aromatic carbocycles. The average Bonchev–Trinajstić information content (AvgIpc) is 2.78. The molecule has 2 heterocycles. The van der Waals surface area contributed by atoms with E-state index in [1.807, 2.05) is 4.90 Å². The number of nitrogens with zero attached hydrogens (tertiary/aromatic N) is 2. The average molecular weight is 279 g/mol. The zero-order valence-corrected chi connectivity index (χ0v) is 11.0. The van der Waals surface area contributed by atoms with Crippen LogP contribution >= 0.6 is 0 Å². The van der Waals surface area contributed by atoms with Gasteiger partial charge in [-0.1, -0.05) is 0 Å². The highest BCUT2D eigenvalue weighted by Crippen LogP contribution is 2.28. The van der Waals surface area contributed by atoms with E-state index in [0.717, 1.165) is 0 Å². The van der Waals surface area contributed by atoms with Crippen LogP contribution in [0.1, 0.15) is 0 Å². The molecular formula is C14H16FN2O3. The number of carbonyl (C=O) groups is 1. The molecule has 2 fully saturated rings. The van der Waals surface area contributed by atoms with Gasteiger partial charge in [-0.05, 0) is 25.1 Å². The van der Waals surface area contributed by atoms with Crippen molar-refractivity contribution in [1.82, 2.24) is 0 Å². The standard InChI is InChI=1S/C14H16FN2O3/c1-10-9-17(14(18)20-10)11-2-3-13(12(15)8-11)16-4-6-19-7-5-16/h2-3,8,10H,1,4-7,9H2. The van der Waals surface area contributed by atoms with Crippen LogP contribution < -0.4 is 9.80 Å². The fourth-order valence-corrected chi connectivity index (χ4v) is 2.46. The Bertz CT molecular complexity index is 517. The Morgan fingerprint density at radius 1 is 1.30 bits per heavy atom. The number of hydrogen-bond donors (Lipinski definition) is 0. The summed E-state index contributed by atoms with van der Waals surface area (Å²) in [6, 6.07) is 4.79. The monoisotopic (exact) mass is 279 g/mol. The summed E-state index contributed by atoms with van der Waals surface area (Å²) in [5, 5.41) is 0. The van der Waals surface area contributed by atoms with Gasteiger partial charge < -0.3 is 14.4 Å². The Balaban J connectivity index is 1.82. The van der Waals surface area contributed by atoms with Crippen LogP contribution in [0.2, 0.25) is 0 Å². The molecule has 1 amide bonds. The first-order valence-electron chi connectivity index (χ1n) is 6.58. The summed E-state index contributed by atoms with van der Waals surface area (Å²) in [4.78, 5) is 14.9. The second-order valence-electron chi connectivity index (χ2n) is 4.85. The van der Waals surface area contributed by atoms with E-state index >= 15 is 0 Å². The van der Waals surface area contributed by atoms with Crippen molar-refractivity contribution in [1.29, 1.82) is 0 Å². The van der Waals surface area contributed by atoms with Gasteiger partial charge in [0, 0.05) is 13.1 Å². The van der Waals surface area contributed by atoms with Crippen molar-refractivity contribution in [2.24, 2.45) is 0 Å². The van der Waals surface area contributed by atoms with Gasteiger partial charge in [-0.2, -0.15) is 0 Å². The van der Waals surface area contributed by atoms with Gasteiger partial charge in [-0.15, -0.1) is 0 Å². The fraction of sp³-hybridized carbons (Fsp3) is 0.429. The van der Waals surface area contributed by atoms with Crippen LogP contribution in [0, 0.1) is 12.7 Å². The Morgan fingerprint density at radius 2 is 2.05 bits per heavy atom. The van der Waals surface area contributed by atoms with Crippen LogP contribution in [-0.4, -0.2) is 45.0 Å². The number of halogens is 1. The van der Waals surface area contributed by atoms with Crippen molar-refractivity contribution in [3.8, 4) is 0 Å². The summed E-state index contributed by atoms with van der Waals surface area (Å²) in [5.74, 6) is -0.343. The first-order valence-corrected chi connectivity index (χ1v) is 6.58. The molecule has 1 atom stereocenters. The molecule has 107 valence electrons. The molecule has 6 heteroatoms. The summed E-state index contributed by atoms with van der Waals surface area (Å²) in [6.45, 7) is 6.56. The third-order valence-corrected chi connectivity index (χ3v) is 3.47. The van der Waals surface area contributed by atoms with Gasteiger partial charge in [0.1, 0.15) is 11.9 Å². The lowest BCUT2D eigenvalue weighted by atomic mass is 10.2. The molecule has 1 unspecified atom stereocenters. The fourth-order valence-electron chi connectivity index (χ4n) is 2.46. The van der Waals surface area contributed by atoms with E-state index < -0.39 is 12.2 Å². The molecule has 0 spiro atoms. The summed E-state index contributed by atoms with van der Waals surface area (Å²) in [6.07, 6.45) is -0.895. The van der Waals surface area contributed by atoms with Crippen LogP contribution in [0.4, 0.5) is 20.6 Å². The normalized spacial score (nSPS) is 23.1. The Morgan fingerprint density at radius 3 is 2.65 bits per heavy atom. The molecule has 0 aliphatic carbocycles. The van der Waals surface area contributed by atoms with E-state index in [1.54, 1.807) is 12.1 Å². The SMILES string of the molecule is [CH2]C1CN(c2ccc(N3CCOCC3)c(F)c2)C(=O)O1. The van der Waals surface area contributed by atoms with Crippen molar-refractivity contribution >= 4 is 17.5 Å². The number of anilines is 2. The van der Waals surface area contributed by atoms with Crippen LogP contribution in [0.5, 0.6) is 0 Å². The zero-order chi connectivity index (χ0) is 14.1. The minimum atomic E-state index is -0.483. The van der Waals surface area contributed by atoms with E-state index in [4.69, 9.17) is 9.47 Å². The van der Waals surface area contributed by atoms with Crippen molar-refractivity contribution in [2.75, 3.05) is 42.6 Å². The lowest BCUT2D eigenvalue weighted by Crippen LogP contribution is -2.36. The lowest BCUT2D eigenvalue weighted by molar-refractivity contribution is 0.122. The minimum Gasteiger partial charge on any atom is -0.444 e. The van der Waals surface area contributed by atoms with E-state index in [0.29, 0.717) is 44.2 Å².